The van der Waals surface area contributed by atoms with Gasteiger partial charge in [0, 0.05) is 13.1 Å². The lowest BCUT2D eigenvalue weighted by atomic mass is 10.1. The third-order valence-corrected chi connectivity index (χ3v) is 3.00. The number of aromatic carboxylic acids is 1. The van der Waals surface area contributed by atoms with Gasteiger partial charge < -0.3 is 25.6 Å². The molecule has 6 heteroatoms. The summed E-state index contributed by atoms with van der Waals surface area (Å²) in [5.41, 5.74) is 6.90. The van der Waals surface area contributed by atoms with E-state index < -0.39 is 5.97 Å². The molecule has 4 N–H and O–H groups in total. The zero-order valence-electron chi connectivity index (χ0n) is 9.87. The lowest BCUT2D eigenvalue weighted by Gasteiger charge is -2.34. The highest BCUT2D eigenvalue weighted by Gasteiger charge is 2.22. The fourth-order valence-electron chi connectivity index (χ4n) is 2.06. The first-order chi connectivity index (χ1) is 8.63. The predicted octanol–water partition coefficient (Wildman–Crippen LogP) is 0.164. The Bertz CT molecular complexity index is 450. The summed E-state index contributed by atoms with van der Waals surface area (Å²) in [6, 6.07) is 4.92. The average molecular weight is 252 g/mol. The van der Waals surface area contributed by atoms with Crippen molar-refractivity contribution in [3.63, 3.8) is 0 Å². The molecule has 0 bridgehead atoms. The number of aliphatic hydroxyl groups is 1. The van der Waals surface area contributed by atoms with Gasteiger partial charge in [-0.25, -0.2) is 4.79 Å². The van der Waals surface area contributed by atoms with Crippen LogP contribution in [-0.4, -0.2) is 48.6 Å². The fourth-order valence-corrected chi connectivity index (χ4v) is 2.06. The first-order valence-corrected chi connectivity index (χ1v) is 5.72. The van der Waals surface area contributed by atoms with Crippen molar-refractivity contribution in [3.05, 3.63) is 23.8 Å². The van der Waals surface area contributed by atoms with Crippen LogP contribution in [0.5, 0.6) is 0 Å². The predicted molar refractivity (Wildman–Crippen MR) is 66.9 cm³/mol. The number of carboxylic acids is 1. The molecule has 1 aliphatic heterocycles. The Labute approximate surface area is 105 Å². The summed E-state index contributed by atoms with van der Waals surface area (Å²) in [6.07, 6.45) is -0.258. The topological polar surface area (TPSA) is 96.0 Å². The van der Waals surface area contributed by atoms with Gasteiger partial charge >= 0.3 is 5.97 Å². The van der Waals surface area contributed by atoms with Crippen molar-refractivity contribution in [2.45, 2.75) is 6.10 Å². The van der Waals surface area contributed by atoms with Crippen molar-refractivity contribution in [2.75, 3.05) is 36.9 Å². The van der Waals surface area contributed by atoms with E-state index in [-0.39, 0.29) is 24.0 Å². The minimum Gasteiger partial charge on any atom is -0.478 e. The Balaban J connectivity index is 2.27. The van der Waals surface area contributed by atoms with E-state index in [2.05, 4.69) is 0 Å². The van der Waals surface area contributed by atoms with Crippen molar-refractivity contribution in [2.24, 2.45) is 0 Å². The summed E-state index contributed by atoms with van der Waals surface area (Å²) in [4.78, 5) is 13.0. The van der Waals surface area contributed by atoms with E-state index in [0.717, 1.165) is 0 Å². The molecule has 0 saturated carbocycles. The smallest absolute Gasteiger partial charge is 0.337 e. The second kappa shape index (κ2) is 5.24. The molecule has 2 rings (SSSR count). The molecule has 0 amide bonds. The van der Waals surface area contributed by atoms with Gasteiger partial charge in [-0.05, 0) is 12.1 Å². The van der Waals surface area contributed by atoms with E-state index in [4.69, 9.17) is 20.7 Å². The molecular formula is C12H16N2O4. The molecule has 1 heterocycles. The van der Waals surface area contributed by atoms with Crippen LogP contribution < -0.4 is 10.6 Å². The van der Waals surface area contributed by atoms with Gasteiger partial charge in [-0.2, -0.15) is 0 Å². The molecule has 1 aliphatic rings. The molecule has 18 heavy (non-hydrogen) atoms. The zero-order valence-corrected chi connectivity index (χ0v) is 9.87. The molecule has 1 unspecified atom stereocenters. The summed E-state index contributed by atoms with van der Waals surface area (Å²) >= 11 is 0. The molecule has 1 aromatic carbocycles. The SMILES string of the molecule is Nc1c(C(=O)O)cccc1N1CCOC(CO)C1. The minimum absolute atomic E-state index is 0.0605. The summed E-state index contributed by atoms with van der Waals surface area (Å²) in [7, 11) is 0. The van der Waals surface area contributed by atoms with Crippen LogP contribution in [0, 0.1) is 0 Å². The Morgan fingerprint density at radius 3 is 3.00 bits per heavy atom. The summed E-state index contributed by atoms with van der Waals surface area (Å²) < 4.78 is 5.35. The number of hydrogen-bond acceptors (Lipinski definition) is 5. The number of nitrogen functional groups attached to an aromatic ring is 1. The molecule has 0 aromatic heterocycles. The third kappa shape index (κ3) is 2.39. The maximum absolute atomic E-state index is 11.0. The largest absolute Gasteiger partial charge is 0.478 e. The molecule has 1 atom stereocenters. The number of carbonyl (C=O) groups is 1. The van der Waals surface area contributed by atoms with E-state index >= 15 is 0 Å². The van der Waals surface area contributed by atoms with E-state index in [0.29, 0.717) is 25.4 Å². The average Bonchev–Trinajstić information content (AvgIpc) is 2.38. The first kappa shape index (κ1) is 12.7. The van der Waals surface area contributed by atoms with Crippen molar-refractivity contribution < 1.29 is 19.7 Å². The number of para-hydroxylation sites is 1. The zero-order chi connectivity index (χ0) is 13.1. The second-order valence-electron chi connectivity index (χ2n) is 4.16. The highest BCUT2D eigenvalue weighted by atomic mass is 16.5. The lowest BCUT2D eigenvalue weighted by molar-refractivity contribution is 0.00360. The minimum atomic E-state index is -1.04. The van der Waals surface area contributed by atoms with Gasteiger partial charge in [0.15, 0.2) is 0 Å². The van der Waals surface area contributed by atoms with Gasteiger partial charge in [0.05, 0.1) is 36.3 Å². The fraction of sp³-hybridized carbons (Fsp3) is 0.417. The number of ether oxygens (including phenoxy) is 1. The van der Waals surface area contributed by atoms with E-state index in [9.17, 15) is 4.79 Å². The number of rotatable bonds is 3. The van der Waals surface area contributed by atoms with Crippen LogP contribution in [0.2, 0.25) is 0 Å². The quantitative estimate of drug-likeness (QED) is 0.663. The first-order valence-electron chi connectivity index (χ1n) is 5.72. The third-order valence-electron chi connectivity index (χ3n) is 3.00. The van der Waals surface area contributed by atoms with Crippen molar-refractivity contribution >= 4 is 17.3 Å². The normalized spacial score (nSPS) is 19.8. The monoisotopic (exact) mass is 252 g/mol. The molecule has 1 saturated heterocycles. The molecule has 1 fully saturated rings. The van der Waals surface area contributed by atoms with E-state index in [1.165, 1.54) is 6.07 Å². The van der Waals surface area contributed by atoms with Crippen LogP contribution in [0.15, 0.2) is 18.2 Å². The van der Waals surface area contributed by atoms with Gasteiger partial charge in [0.2, 0.25) is 0 Å². The highest BCUT2D eigenvalue weighted by Crippen LogP contribution is 2.28. The Hall–Kier alpha value is -1.79. The van der Waals surface area contributed by atoms with Crippen molar-refractivity contribution in [1.29, 1.82) is 0 Å². The molecule has 6 nitrogen and oxygen atoms in total. The van der Waals surface area contributed by atoms with Crippen molar-refractivity contribution in [1.82, 2.24) is 0 Å². The van der Waals surface area contributed by atoms with Crippen LogP contribution in [-0.2, 0) is 4.74 Å². The molecule has 0 aliphatic carbocycles. The lowest BCUT2D eigenvalue weighted by Crippen LogP contribution is -2.44. The van der Waals surface area contributed by atoms with Gasteiger partial charge in [-0.1, -0.05) is 6.07 Å². The maximum atomic E-state index is 11.0. The summed E-state index contributed by atoms with van der Waals surface area (Å²) in [5, 5.41) is 18.1. The molecule has 0 spiro atoms. The number of carboxylic acid groups (broad SMARTS) is 1. The number of benzene rings is 1. The van der Waals surface area contributed by atoms with Crippen LogP contribution in [0.25, 0.3) is 0 Å². The Morgan fingerprint density at radius 1 is 1.56 bits per heavy atom. The molecule has 1 aromatic rings. The Morgan fingerprint density at radius 2 is 2.33 bits per heavy atom. The standard InChI is InChI=1S/C12H16N2O4/c13-11-9(12(16)17)2-1-3-10(11)14-4-5-18-8(6-14)7-15/h1-3,8,15H,4-7,13H2,(H,16,17). The van der Waals surface area contributed by atoms with E-state index in [1.807, 2.05) is 4.90 Å². The van der Waals surface area contributed by atoms with Gasteiger partial charge in [-0.15, -0.1) is 0 Å². The second-order valence-corrected chi connectivity index (χ2v) is 4.16. The number of aliphatic hydroxyl groups excluding tert-OH is 1. The molecule has 98 valence electrons. The van der Waals surface area contributed by atoms with Gasteiger partial charge in [-0.3, -0.25) is 0 Å². The number of hydrogen-bond donors (Lipinski definition) is 3. The van der Waals surface area contributed by atoms with Crippen molar-refractivity contribution in [3.8, 4) is 0 Å². The Kier molecular flexibility index (Phi) is 3.69. The van der Waals surface area contributed by atoms with Gasteiger partial charge in [0.25, 0.3) is 0 Å². The number of nitrogens with zero attached hydrogens (tertiary/aromatic N) is 1. The van der Waals surface area contributed by atoms with Crippen LogP contribution >= 0.6 is 0 Å². The molecule has 0 radical (unpaired) electrons. The highest BCUT2D eigenvalue weighted by molar-refractivity contribution is 5.97. The van der Waals surface area contributed by atoms with E-state index in [1.54, 1.807) is 12.1 Å². The molecular weight excluding hydrogens is 236 g/mol. The van der Waals surface area contributed by atoms with Crippen LogP contribution in [0.3, 0.4) is 0 Å². The maximum Gasteiger partial charge on any atom is 0.337 e. The van der Waals surface area contributed by atoms with Gasteiger partial charge in [0.1, 0.15) is 0 Å². The summed E-state index contributed by atoms with van der Waals surface area (Å²) in [5.74, 6) is -1.04. The number of anilines is 2. The number of morpholine rings is 1. The summed E-state index contributed by atoms with van der Waals surface area (Å²) in [6.45, 7) is 1.56. The van der Waals surface area contributed by atoms with Crippen LogP contribution in [0.4, 0.5) is 11.4 Å². The van der Waals surface area contributed by atoms with Crippen LogP contribution in [0.1, 0.15) is 10.4 Å². The number of nitrogens with two attached hydrogens (primary N) is 1.